The molecular weight excluding hydrogens is 447 g/mol. The number of piperidine rings is 1. The van der Waals surface area contributed by atoms with Gasteiger partial charge in [-0.2, -0.15) is 9.97 Å². The lowest BCUT2D eigenvalue weighted by molar-refractivity contribution is 0.0531. The normalized spacial score (nSPS) is 14.4. The second-order valence-electron chi connectivity index (χ2n) is 6.95. The van der Waals surface area contributed by atoms with Crippen molar-refractivity contribution in [2.45, 2.75) is 32.7 Å². The van der Waals surface area contributed by atoms with Crippen molar-refractivity contribution in [1.29, 1.82) is 0 Å². The van der Waals surface area contributed by atoms with Crippen molar-refractivity contribution in [3.8, 4) is 6.01 Å². The monoisotopic (exact) mass is 470 g/mol. The van der Waals surface area contributed by atoms with Gasteiger partial charge in [0.2, 0.25) is 0 Å². The number of nitrogens with zero attached hydrogens (tertiary/aromatic N) is 3. The van der Waals surface area contributed by atoms with E-state index in [0.717, 1.165) is 0 Å². The Hall–Kier alpha value is -2.56. The highest BCUT2D eigenvalue weighted by atomic mass is 35.5. The van der Waals surface area contributed by atoms with Gasteiger partial charge >= 0.3 is 6.01 Å². The first kappa shape index (κ1) is 23.1. The van der Waals surface area contributed by atoms with Crippen LogP contribution in [-0.2, 0) is 4.84 Å². The third-order valence-electron chi connectivity index (χ3n) is 4.83. The number of ether oxygens (including phenoxy) is 1. The molecule has 0 atom stereocenters. The summed E-state index contributed by atoms with van der Waals surface area (Å²) in [5, 5.41) is 3.56. The van der Waals surface area contributed by atoms with Crippen molar-refractivity contribution in [3.63, 3.8) is 0 Å². The number of rotatable bonds is 7. The average molecular weight is 471 g/mol. The number of hydrogen-bond donors (Lipinski definition) is 3. The molecule has 2 aromatic heterocycles. The minimum absolute atomic E-state index is 0.0355. The number of aryl methyl sites for hydroxylation is 1. The Bertz CT molecular complexity index is 959. The summed E-state index contributed by atoms with van der Waals surface area (Å²) in [6.45, 7) is 5.18. The van der Waals surface area contributed by atoms with Crippen LogP contribution in [0.3, 0.4) is 0 Å². The Kier molecular flexibility index (Phi) is 7.58. The van der Waals surface area contributed by atoms with Crippen molar-refractivity contribution in [2.24, 2.45) is 0 Å². The van der Waals surface area contributed by atoms with Gasteiger partial charge in [-0.3, -0.25) is 14.4 Å². The van der Waals surface area contributed by atoms with Crippen LogP contribution < -0.4 is 20.4 Å². The molecule has 1 saturated heterocycles. The fourth-order valence-corrected chi connectivity index (χ4v) is 3.68. The van der Waals surface area contributed by atoms with E-state index in [-0.39, 0.29) is 34.4 Å². The standard InChI is InChI=1S/C19H24Cl2N6O4/c1-4-31-19-24-12(17(28)26-30-3)9-13(25-19)27-7-5-11(6-8-27)23-18(29)16-15(21)14(20)10(2)22-16/h9,11,22H,4-8H2,1-3H3,(H,23,29)(H,26,28). The molecule has 0 radical (unpaired) electrons. The lowest BCUT2D eigenvalue weighted by Gasteiger charge is -2.33. The summed E-state index contributed by atoms with van der Waals surface area (Å²) in [4.78, 5) is 42.8. The Morgan fingerprint density at radius 3 is 2.52 bits per heavy atom. The molecule has 12 heteroatoms. The van der Waals surface area contributed by atoms with Gasteiger partial charge in [0, 0.05) is 30.9 Å². The minimum atomic E-state index is -0.494. The molecule has 0 spiro atoms. The van der Waals surface area contributed by atoms with E-state index in [0.29, 0.717) is 49.1 Å². The number of aromatic nitrogens is 3. The molecule has 31 heavy (non-hydrogen) atoms. The molecule has 0 unspecified atom stereocenters. The molecule has 1 fully saturated rings. The van der Waals surface area contributed by atoms with Crippen LogP contribution in [0.4, 0.5) is 5.82 Å². The number of carbonyl (C=O) groups is 2. The van der Waals surface area contributed by atoms with Crippen LogP contribution in [0.15, 0.2) is 6.07 Å². The molecule has 10 nitrogen and oxygen atoms in total. The molecule has 1 aliphatic rings. The maximum absolute atomic E-state index is 12.6. The van der Waals surface area contributed by atoms with Crippen molar-refractivity contribution in [1.82, 2.24) is 25.7 Å². The topological polar surface area (TPSA) is 121 Å². The third-order valence-corrected chi connectivity index (χ3v) is 5.78. The first-order chi connectivity index (χ1) is 14.8. The van der Waals surface area contributed by atoms with Gasteiger partial charge in [-0.25, -0.2) is 5.48 Å². The molecule has 1 aliphatic heterocycles. The predicted molar refractivity (Wildman–Crippen MR) is 116 cm³/mol. The molecule has 3 N–H and O–H groups in total. The molecule has 0 aromatic carbocycles. The van der Waals surface area contributed by atoms with E-state index in [9.17, 15) is 9.59 Å². The van der Waals surface area contributed by atoms with Crippen molar-refractivity contribution >= 4 is 40.8 Å². The smallest absolute Gasteiger partial charge is 0.319 e. The molecule has 168 valence electrons. The lowest BCUT2D eigenvalue weighted by Crippen LogP contribution is -2.45. The van der Waals surface area contributed by atoms with E-state index in [4.69, 9.17) is 27.9 Å². The fourth-order valence-electron chi connectivity index (χ4n) is 3.27. The van der Waals surface area contributed by atoms with E-state index in [2.05, 4.69) is 30.6 Å². The fraction of sp³-hybridized carbons (Fsp3) is 0.474. The summed E-state index contributed by atoms with van der Waals surface area (Å²) in [6, 6.07) is 1.66. The van der Waals surface area contributed by atoms with Crippen LogP contribution in [0.5, 0.6) is 6.01 Å². The Morgan fingerprint density at radius 1 is 1.23 bits per heavy atom. The van der Waals surface area contributed by atoms with Gasteiger partial charge < -0.3 is 19.9 Å². The number of H-pyrrole nitrogens is 1. The first-order valence-corrected chi connectivity index (χ1v) is 10.5. The molecule has 3 heterocycles. The van der Waals surface area contributed by atoms with Crippen LogP contribution in [0, 0.1) is 6.92 Å². The van der Waals surface area contributed by atoms with Crippen LogP contribution in [0.25, 0.3) is 0 Å². The van der Waals surface area contributed by atoms with Crippen molar-refractivity contribution in [3.05, 3.63) is 33.2 Å². The highest BCUT2D eigenvalue weighted by Crippen LogP contribution is 2.29. The van der Waals surface area contributed by atoms with Crippen molar-refractivity contribution in [2.75, 3.05) is 31.7 Å². The lowest BCUT2D eigenvalue weighted by atomic mass is 10.0. The van der Waals surface area contributed by atoms with Crippen LogP contribution in [0.2, 0.25) is 10.0 Å². The summed E-state index contributed by atoms with van der Waals surface area (Å²) in [5.41, 5.74) is 3.29. The molecule has 0 aliphatic carbocycles. The largest absolute Gasteiger partial charge is 0.464 e. The van der Waals surface area contributed by atoms with Gasteiger partial charge in [0.05, 0.1) is 23.8 Å². The van der Waals surface area contributed by atoms with Crippen LogP contribution >= 0.6 is 23.2 Å². The number of hydroxylamine groups is 1. The molecule has 0 bridgehead atoms. The molecule has 3 rings (SSSR count). The molecule has 0 saturated carbocycles. The second-order valence-corrected chi connectivity index (χ2v) is 7.71. The van der Waals surface area contributed by atoms with E-state index < -0.39 is 5.91 Å². The van der Waals surface area contributed by atoms with E-state index in [1.54, 1.807) is 13.0 Å². The van der Waals surface area contributed by atoms with Crippen molar-refractivity contribution < 1.29 is 19.2 Å². The molecule has 2 amide bonds. The van der Waals surface area contributed by atoms with Gasteiger partial charge in [0.25, 0.3) is 11.8 Å². The first-order valence-electron chi connectivity index (χ1n) is 9.78. The zero-order valence-electron chi connectivity index (χ0n) is 17.4. The van der Waals surface area contributed by atoms with Crippen LogP contribution in [-0.4, -0.2) is 59.6 Å². The molecule has 2 aromatic rings. The number of anilines is 1. The summed E-state index contributed by atoms with van der Waals surface area (Å²) in [7, 11) is 1.35. The number of nitrogens with one attached hydrogen (secondary N) is 3. The molecular formula is C19H24Cl2N6O4. The van der Waals surface area contributed by atoms with Gasteiger partial charge in [-0.1, -0.05) is 23.2 Å². The summed E-state index contributed by atoms with van der Waals surface area (Å²) < 4.78 is 5.40. The second kappa shape index (κ2) is 10.2. The number of halogens is 2. The van der Waals surface area contributed by atoms with Gasteiger partial charge in [0.1, 0.15) is 17.2 Å². The quantitative estimate of drug-likeness (QED) is 0.531. The maximum Gasteiger partial charge on any atom is 0.319 e. The third kappa shape index (κ3) is 5.38. The maximum atomic E-state index is 12.6. The SMILES string of the molecule is CCOc1nc(C(=O)NOC)cc(N2CCC(NC(=O)c3[nH]c(C)c(Cl)c3Cl)CC2)n1. The van der Waals surface area contributed by atoms with E-state index in [1.165, 1.54) is 7.11 Å². The zero-order chi connectivity index (χ0) is 22.5. The number of hydrogen-bond acceptors (Lipinski definition) is 7. The van der Waals surface area contributed by atoms with Gasteiger partial charge in [-0.15, -0.1) is 0 Å². The Labute approximate surface area is 189 Å². The summed E-state index contributed by atoms with van der Waals surface area (Å²) in [5.74, 6) is -0.219. The summed E-state index contributed by atoms with van der Waals surface area (Å²) in [6.07, 6.45) is 1.37. The Morgan fingerprint density at radius 2 is 1.94 bits per heavy atom. The van der Waals surface area contributed by atoms with E-state index >= 15 is 0 Å². The Balaban J connectivity index is 1.66. The van der Waals surface area contributed by atoms with Crippen LogP contribution in [0.1, 0.15) is 46.4 Å². The number of carbonyl (C=O) groups excluding carboxylic acids is 2. The highest BCUT2D eigenvalue weighted by Gasteiger charge is 2.26. The average Bonchev–Trinajstić information content (AvgIpc) is 3.02. The number of aromatic amines is 1. The highest BCUT2D eigenvalue weighted by molar-refractivity contribution is 6.44. The van der Waals surface area contributed by atoms with Gasteiger partial charge in [-0.05, 0) is 26.7 Å². The number of amides is 2. The summed E-state index contributed by atoms with van der Waals surface area (Å²) >= 11 is 12.2. The van der Waals surface area contributed by atoms with E-state index in [1.807, 2.05) is 11.8 Å². The minimum Gasteiger partial charge on any atom is -0.464 e. The predicted octanol–water partition coefficient (Wildman–Crippen LogP) is 2.51. The van der Waals surface area contributed by atoms with Gasteiger partial charge in [0.15, 0.2) is 0 Å². The zero-order valence-corrected chi connectivity index (χ0v) is 18.9.